The standard InChI is InChI=1S/C12H25NO2/c1-12-11-13(8-6-10-15-12)7-4-2-3-5-9-14/h12,14H,2-11H2,1H3. The van der Waals surface area contributed by atoms with Crippen LogP contribution in [0.2, 0.25) is 0 Å². The van der Waals surface area contributed by atoms with Crippen LogP contribution >= 0.6 is 0 Å². The second kappa shape index (κ2) is 8.08. The Morgan fingerprint density at radius 1 is 1.27 bits per heavy atom. The van der Waals surface area contributed by atoms with Gasteiger partial charge in [-0.15, -0.1) is 0 Å². The minimum absolute atomic E-state index is 0.342. The lowest BCUT2D eigenvalue weighted by molar-refractivity contribution is 0.0675. The number of hydrogen-bond donors (Lipinski definition) is 1. The van der Waals surface area contributed by atoms with Crippen molar-refractivity contribution in [3.8, 4) is 0 Å². The van der Waals surface area contributed by atoms with Crippen LogP contribution in [-0.2, 0) is 4.74 Å². The van der Waals surface area contributed by atoms with E-state index in [1.54, 1.807) is 0 Å². The second-order valence-corrected chi connectivity index (χ2v) is 4.47. The number of nitrogens with zero attached hydrogens (tertiary/aromatic N) is 1. The first-order valence-electron chi connectivity index (χ1n) is 6.27. The maximum absolute atomic E-state index is 8.66. The van der Waals surface area contributed by atoms with Crippen LogP contribution in [0.25, 0.3) is 0 Å². The van der Waals surface area contributed by atoms with Gasteiger partial charge in [0.25, 0.3) is 0 Å². The summed E-state index contributed by atoms with van der Waals surface area (Å²) in [7, 11) is 0. The van der Waals surface area contributed by atoms with Crippen LogP contribution in [0.4, 0.5) is 0 Å². The van der Waals surface area contributed by atoms with E-state index in [9.17, 15) is 0 Å². The summed E-state index contributed by atoms with van der Waals surface area (Å²) in [5.74, 6) is 0. The van der Waals surface area contributed by atoms with E-state index in [2.05, 4.69) is 11.8 Å². The molecule has 15 heavy (non-hydrogen) atoms. The molecule has 0 bridgehead atoms. The largest absolute Gasteiger partial charge is 0.396 e. The molecule has 1 aliphatic heterocycles. The van der Waals surface area contributed by atoms with Crippen LogP contribution in [-0.4, -0.2) is 49.0 Å². The molecule has 0 spiro atoms. The molecule has 0 amide bonds. The minimum atomic E-state index is 0.342. The van der Waals surface area contributed by atoms with E-state index in [0.717, 1.165) is 26.0 Å². The van der Waals surface area contributed by atoms with Crippen LogP contribution in [0.15, 0.2) is 0 Å². The van der Waals surface area contributed by atoms with Gasteiger partial charge >= 0.3 is 0 Å². The molecule has 0 saturated carbocycles. The van der Waals surface area contributed by atoms with Crippen molar-refractivity contribution in [3.63, 3.8) is 0 Å². The van der Waals surface area contributed by atoms with E-state index in [1.165, 1.54) is 32.4 Å². The second-order valence-electron chi connectivity index (χ2n) is 4.47. The zero-order valence-electron chi connectivity index (χ0n) is 9.95. The predicted molar refractivity (Wildman–Crippen MR) is 62.0 cm³/mol. The summed E-state index contributed by atoms with van der Waals surface area (Å²) in [6, 6.07) is 0. The molecule has 3 heteroatoms. The Bertz CT molecular complexity index is 153. The monoisotopic (exact) mass is 215 g/mol. The molecule has 1 heterocycles. The lowest BCUT2D eigenvalue weighted by Crippen LogP contribution is -2.31. The lowest BCUT2D eigenvalue weighted by Gasteiger charge is -2.21. The van der Waals surface area contributed by atoms with Gasteiger partial charge in [0.2, 0.25) is 0 Å². The summed E-state index contributed by atoms with van der Waals surface area (Å²) >= 11 is 0. The van der Waals surface area contributed by atoms with Gasteiger partial charge in [0.05, 0.1) is 6.10 Å². The van der Waals surface area contributed by atoms with Gasteiger partial charge in [-0.25, -0.2) is 0 Å². The molecule has 0 aromatic rings. The zero-order valence-corrected chi connectivity index (χ0v) is 9.95. The summed E-state index contributed by atoms with van der Waals surface area (Å²) in [4.78, 5) is 2.51. The molecule has 1 rings (SSSR count). The fourth-order valence-corrected chi connectivity index (χ4v) is 2.08. The summed E-state index contributed by atoms with van der Waals surface area (Å²) in [6.07, 6.45) is 6.18. The molecule has 1 atom stereocenters. The molecule has 0 aromatic carbocycles. The molecule has 0 aliphatic carbocycles. The fourth-order valence-electron chi connectivity index (χ4n) is 2.08. The van der Waals surface area contributed by atoms with Gasteiger partial charge in [0.15, 0.2) is 0 Å². The highest BCUT2D eigenvalue weighted by Gasteiger charge is 2.13. The topological polar surface area (TPSA) is 32.7 Å². The lowest BCUT2D eigenvalue weighted by atomic mass is 10.2. The molecular weight excluding hydrogens is 190 g/mol. The van der Waals surface area contributed by atoms with Gasteiger partial charge < -0.3 is 14.7 Å². The van der Waals surface area contributed by atoms with Crippen molar-refractivity contribution in [3.05, 3.63) is 0 Å². The first kappa shape index (κ1) is 12.9. The number of aliphatic hydroxyl groups is 1. The van der Waals surface area contributed by atoms with Crippen LogP contribution in [0.5, 0.6) is 0 Å². The van der Waals surface area contributed by atoms with E-state index in [0.29, 0.717) is 12.7 Å². The molecule has 1 saturated heterocycles. The Morgan fingerprint density at radius 3 is 2.87 bits per heavy atom. The van der Waals surface area contributed by atoms with Crippen molar-refractivity contribution in [2.45, 2.75) is 45.1 Å². The summed E-state index contributed by atoms with van der Waals surface area (Å²) < 4.78 is 5.60. The van der Waals surface area contributed by atoms with E-state index < -0.39 is 0 Å². The highest BCUT2D eigenvalue weighted by atomic mass is 16.5. The Labute approximate surface area is 93.4 Å². The number of rotatable bonds is 6. The average molecular weight is 215 g/mol. The Hall–Kier alpha value is -0.120. The van der Waals surface area contributed by atoms with Crippen molar-refractivity contribution in [1.82, 2.24) is 4.90 Å². The third-order valence-corrected chi connectivity index (χ3v) is 2.92. The molecule has 0 radical (unpaired) electrons. The molecule has 0 aromatic heterocycles. The zero-order chi connectivity index (χ0) is 10.9. The smallest absolute Gasteiger partial charge is 0.0673 e. The molecular formula is C12H25NO2. The highest BCUT2D eigenvalue weighted by molar-refractivity contribution is 4.66. The number of hydrogen-bond acceptors (Lipinski definition) is 3. The van der Waals surface area contributed by atoms with Crippen molar-refractivity contribution < 1.29 is 9.84 Å². The molecule has 1 fully saturated rings. The SMILES string of the molecule is CC1CN(CCCCCCO)CCCO1. The maximum atomic E-state index is 8.66. The highest BCUT2D eigenvalue weighted by Crippen LogP contribution is 2.07. The molecule has 1 aliphatic rings. The summed E-state index contributed by atoms with van der Waals surface area (Å²) in [6.45, 7) is 6.88. The minimum Gasteiger partial charge on any atom is -0.396 e. The van der Waals surface area contributed by atoms with Gasteiger partial charge in [0.1, 0.15) is 0 Å². The van der Waals surface area contributed by atoms with Crippen molar-refractivity contribution >= 4 is 0 Å². The van der Waals surface area contributed by atoms with Crippen molar-refractivity contribution in [2.24, 2.45) is 0 Å². The third kappa shape index (κ3) is 6.13. The van der Waals surface area contributed by atoms with Crippen molar-refractivity contribution in [1.29, 1.82) is 0 Å². The van der Waals surface area contributed by atoms with Crippen LogP contribution in [0.1, 0.15) is 39.0 Å². The maximum Gasteiger partial charge on any atom is 0.0673 e. The first-order chi connectivity index (χ1) is 7.33. The van der Waals surface area contributed by atoms with E-state index in [-0.39, 0.29) is 0 Å². The summed E-state index contributed by atoms with van der Waals surface area (Å²) in [5, 5.41) is 8.66. The van der Waals surface area contributed by atoms with Gasteiger partial charge in [-0.3, -0.25) is 0 Å². The van der Waals surface area contributed by atoms with Gasteiger partial charge in [-0.1, -0.05) is 12.8 Å². The fraction of sp³-hybridized carbons (Fsp3) is 1.00. The van der Waals surface area contributed by atoms with Crippen LogP contribution in [0.3, 0.4) is 0 Å². The van der Waals surface area contributed by atoms with Crippen LogP contribution < -0.4 is 0 Å². The Kier molecular flexibility index (Phi) is 6.98. The van der Waals surface area contributed by atoms with E-state index in [4.69, 9.17) is 9.84 Å². The number of ether oxygens (including phenoxy) is 1. The Morgan fingerprint density at radius 2 is 2.07 bits per heavy atom. The molecule has 1 N–H and O–H groups in total. The van der Waals surface area contributed by atoms with Gasteiger partial charge in [0, 0.05) is 26.3 Å². The first-order valence-corrected chi connectivity index (χ1v) is 6.27. The quantitative estimate of drug-likeness (QED) is 0.684. The van der Waals surface area contributed by atoms with E-state index in [1.807, 2.05) is 0 Å². The third-order valence-electron chi connectivity index (χ3n) is 2.92. The van der Waals surface area contributed by atoms with Gasteiger partial charge in [-0.05, 0) is 32.7 Å². The van der Waals surface area contributed by atoms with Gasteiger partial charge in [-0.2, -0.15) is 0 Å². The predicted octanol–water partition coefficient (Wildman–Crippen LogP) is 1.65. The number of unbranched alkanes of at least 4 members (excludes halogenated alkanes) is 3. The van der Waals surface area contributed by atoms with Crippen LogP contribution in [0, 0.1) is 0 Å². The molecule has 90 valence electrons. The summed E-state index contributed by atoms with van der Waals surface area (Å²) in [5.41, 5.74) is 0. The van der Waals surface area contributed by atoms with Crippen molar-refractivity contribution in [2.75, 3.05) is 32.8 Å². The average Bonchev–Trinajstić information content (AvgIpc) is 2.43. The molecule has 3 nitrogen and oxygen atoms in total. The van der Waals surface area contributed by atoms with E-state index >= 15 is 0 Å². The molecule has 1 unspecified atom stereocenters. The normalized spacial score (nSPS) is 24.0. The Balaban J connectivity index is 2.03. The number of aliphatic hydroxyl groups excluding tert-OH is 1.